The molecule has 4 aromatic rings. The Balaban J connectivity index is 1.23. The van der Waals surface area contributed by atoms with Crippen molar-refractivity contribution in [3.8, 4) is 11.4 Å². The number of nitrogens with zero attached hydrogens (tertiary/aromatic N) is 6. The van der Waals surface area contributed by atoms with Crippen molar-refractivity contribution in [1.29, 1.82) is 0 Å². The van der Waals surface area contributed by atoms with E-state index in [0.29, 0.717) is 26.2 Å². The Hall–Kier alpha value is -3.64. The maximum Gasteiger partial charge on any atom is 0.259 e. The minimum absolute atomic E-state index is 0.0670. The van der Waals surface area contributed by atoms with Crippen LogP contribution >= 0.6 is 15.9 Å². The molecule has 0 saturated carbocycles. The van der Waals surface area contributed by atoms with E-state index in [1.807, 2.05) is 38.2 Å². The van der Waals surface area contributed by atoms with Gasteiger partial charge in [0.15, 0.2) is 11.6 Å². The number of rotatable bonds is 4. The molecule has 214 valence electrons. The van der Waals surface area contributed by atoms with E-state index < -0.39 is 28.5 Å². The first-order valence-corrected chi connectivity index (χ1v) is 14.2. The predicted octanol–water partition coefficient (Wildman–Crippen LogP) is 4.58. The van der Waals surface area contributed by atoms with E-state index >= 15 is 0 Å². The average molecular weight is 627 g/mol. The van der Waals surface area contributed by atoms with Crippen molar-refractivity contribution in [1.82, 2.24) is 29.4 Å². The van der Waals surface area contributed by atoms with Crippen LogP contribution in [0.2, 0.25) is 0 Å². The molecule has 2 aliphatic heterocycles. The van der Waals surface area contributed by atoms with Crippen molar-refractivity contribution in [2.45, 2.75) is 39.3 Å². The van der Waals surface area contributed by atoms with Gasteiger partial charge in [-0.1, -0.05) is 17.3 Å². The molecule has 9 nitrogen and oxygen atoms in total. The van der Waals surface area contributed by atoms with Crippen LogP contribution in [-0.4, -0.2) is 68.1 Å². The van der Waals surface area contributed by atoms with Gasteiger partial charge in [0.2, 0.25) is 11.2 Å². The molecule has 0 aliphatic carbocycles. The zero-order chi connectivity index (χ0) is 29.2. The van der Waals surface area contributed by atoms with Crippen molar-refractivity contribution in [3.05, 3.63) is 79.8 Å². The Labute approximate surface area is 243 Å². The Bertz CT molecular complexity index is 1760. The molecular weight excluding hydrogens is 598 g/mol. The third kappa shape index (κ3) is 4.44. The predicted molar refractivity (Wildman–Crippen MR) is 153 cm³/mol. The van der Waals surface area contributed by atoms with Crippen LogP contribution in [0.4, 0.5) is 8.78 Å². The molecule has 12 heteroatoms. The Kier molecular flexibility index (Phi) is 6.73. The minimum Gasteiger partial charge on any atom is -0.486 e. The standard InChI is InChI=1S/C29H29BrF2N6O3/c1-16-6-5-7-21(23(16)30)38-14-22(33-34-38)29(3,4)36-10-8-35(9-11-36)28(40)19-13-37-17(2)15-41-27-24(32)20(31)12-18(25(27)37)26(19)39/h5-7,12-14,17H,8-11,15H2,1-4H3/t17-/m0/s1. The molecule has 41 heavy (non-hydrogen) atoms. The first-order chi connectivity index (χ1) is 19.5. The van der Waals surface area contributed by atoms with Crippen molar-refractivity contribution in [3.63, 3.8) is 0 Å². The van der Waals surface area contributed by atoms with E-state index in [9.17, 15) is 18.4 Å². The summed E-state index contributed by atoms with van der Waals surface area (Å²) in [5, 5.41) is 8.75. The van der Waals surface area contributed by atoms with E-state index in [1.54, 1.807) is 14.1 Å². The second-order valence-electron chi connectivity index (χ2n) is 11.1. The fourth-order valence-corrected chi connectivity index (χ4v) is 6.06. The molecule has 2 aromatic carbocycles. The number of aromatic nitrogens is 4. The van der Waals surface area contributed by atoms with Crippen molar-refractivity contribution in [2.24, 2.45) is 0 Å². The summed E-state index contributed by atoms with van der Waals surface area (Å²) in [5.74, 6) is -3.05. The number of aryl methyl sites for hydroxylation is 1. The highest BCUT2D eigenvalue weighted by Gasteiger charge is 2.36. The van der Waals surface area contributed by atoms with Gasteiger partial charge in [0, 0.05) is 36.8 Å². The summed E-state index contributed by atoms with van der Waals surface area (Å²) < 4.78 is 38.5. The highest BCUT2D eigenvalue weighted by Crippen LogP contribution is 2.36. The number of amides is 1. The first-order valence-electron chi connectivity index (χ1n) is 13.4. The maximum atomic E-state index is 14.4. The molecule has 1 fully saturated rings. The number of piperazine rings is 1. The van der Waals surface area contributed by atoms with Gasteiger partial charge in [-0.05, 0) is 61.3 Å². The SMILES string of the molecule is Cc1cccc(-n2cc(C(C)(C)N3CCN(C(=O)c4cn5c6c(c(F)c(F)cc6c4=O)OC[C@@H]5C)CC3)nn2)c1Br. The topological polar surface area (TPSA) is 85.5 Å². The number of hydrogen-bond donors (Lipinski definition) is 0. The van der Waals surface area contributed by atoms with Gasteiger partial charge in [-0.3, -0.25) is 14.5 Å². The van der Waals surface area contributed by atoms with Crippen molar-refractivity contribution in [2.75, 3.05) is 32.8 Å². The number of ether oxygens (including phenoxy) is 1. The minimum atomic E-state index is -1.18. The van der Waals surface area contributed by atoms with Crippen LogP contribution in [0.25, 0.3) is 16.6 Å². The lowest BCUT2D eigenvalue weighted by molar-refractivity contribution is 0.0377. The molecule has 0 N–H and O–H groups in total. The number of benzene rings is 2. The normalized spacial score (nSPS) is 17.6. The van der Waals surface area contributed by atoms with Crippen LogP contribution in [-0.2, 0) is 5.54 Å². The second-order valence-corrected chi connectivity index (χ2v) is 11.9. The summed E-state index contributed by atoms with van der Waals surface area (Å²) in [4.78, 5) is 30.8. The molecule has 0 unspecified atom stereocenters. The third-order valence-electron chi connectivity index (χ3n) is 8.24. The van der Waals surface area contributed by atoms with Crippen LogP contribution < -0.4 is 10.2 Å². The van der Waals surface area contributed by atoms with Crippen molar-refractivity contribution >= 4 is 32.7 Å². The van der Waals surface area contributed by atoms with Crippen LogP contribution in [0.15, 0.2) is 45.9 Å². The molecule has 1 atom stereocenters. The van der Waals surface area contributed by atoms with Crippen LogP contribution in [0.1, 0.15) is 48.4 Å². The molecule has 1 saturated heterocycles. The van der Waals surface area contributed by atoms with Crippen LogP contribution in [0.3, 0.4) is 0 Å². The number of carbonyl (C=O) groups excluding carboxylic acids is 1. The van der Waals surface area contributed by atoms with E-state index in [0.717, 1.165) is 27.5 Å². The van der Waals surface area contributed by atoms with Crippen LogP contribution in [0.5, 0.6) is 5.75 Å². The number of halogens is 3. The highest BCUT2D eigenvalue weighted by atomic mass is 79.9. The molecule has 2 aromatic heterocycles. The molecule has 6 rings (SSSR count). The first kappa shape index (κ1) is 27.5. The number of carbonyl (C=O) groups is 1. The molecule has 4 heterocycles. The molecule has 0 spiro atoms. The van der Waals surface area contributed by atoms with Gasteiger partial charge in [-0.15, -0.1) is 5.10 Å². The van der Waals surface area contributed by atoms with Gasteiger partial charge in [0.1, 0.15) is 17.9 Å². The summed E-state index contributed by atoms with van der Waals surface area (Å²) >= 11 is 3.63. The van der Waals surface area contributed by atoms with E-state index in [4.69, 9.17) is 4.74 Å². The lowest BCUT2D eigenvalue weighted by Crippen LogP contribution is -2.55. The highest BCUT2D eigenvalue weighted by molar-refractivity contribution is 9.10. The average Bonchev–Trinajstić information content (AvgIpc) is 3.46. The van der Waals surface area contributed by atoms with Gasteiger partial charge in [-0.25, -0.2) is 9.07 Å². The van der Waals surface area contributed by atoms with Gasteiger partial charge >= 0.3 is 0 Å². The second kappa shape index (κ2) is 10.0. The third-order valence-corrected chi connectivity index (χ3v) is 9.27. The molecule has 1 amide bonds. The Morgan fingerprint density at radius 2 is 1.88 bits per heavy atom. The smallest absolute Gasteiger partial charge is 0.259 e. The zero-order valence-corrected chi connectivity index (χ0v) is 24.7. The van der Waals surface area contributed by atoms with E-state index in [-0.39, 0.29) is 34.9 Å². The van der Waals surface area contributed by atoms with Gasteiger partial charge in [0.25, 0.3) is 5.91 Å². The summed E-state index contributed by atoms with van der Waals surface area (Å²) in [6, 6.07) is 6.54. The van der Waals surface area contributed by atoms with E-state index in [2.05, 4.69) is 45.0 Å². The van der Waals surface area contributed by atoms with E-state index in [1.165, 1.54) is 6.20 Å². The molecule has 2 aliphatic rings. The number of pyridine rings is 1. The summed E-state index contributed by atoms with van der Waals surface area (Å²) in [7, 11) is 0. The maximum absolute atomic E-state index is 14.4. The Morgan fingerprint density at radius 1 is 1.15 bits per heavy atom. The summed E-state index contributed by atoms with van der Waals surface area (Å²) in [5.41, 5.74) is 1.77. The quantitative estimate of drug-likeness (QED) is 0.330. The lowest BCUT2D eigenvalue weighted by Gasteiger charge is -2.43. The fourth-order valence-electron chi connectivity index (χ4n) is 5.62. The van der Waals surface area contributed by atoms with Gasteiger partial charge < -0.3 is 14.2 Å². The lowest BCUT2D eigenvalue weighted by atomic mass is 9.97. The van der Waals surface area contributed by atoms with Crippen molar-refractivity contribution < 1.29 is 18.3 Å². The van der Waals surface area contributed by atoms with Gasteiger partial charge in [0.05, 0.1) is 34.4 Å². The molecular formula is C29H29BrF2N6O3. The molecule has 0 radical (unpaired) electrons. The largest absolute Gasteiger partial charge is 0.486 e. The molecule has 0 bridgehead atoms. The number of hydrogen-bond acceptors (Lipinski definition) is 6. The van der Waals surface area contributed by atoms with Crippen LogP contribution in [0, 0.1) is 18.6 Å². The van der Waals surface area contributed by atoms with Gasteiger partial charge in [-0.2, -0.15) is 4.39 Å². The summed E-state index contributed by atoms with van der Waals surface area (Å²) in [6.45, 7) is 9.96. The Morgan fingerprint density at radius 3 is 2.61 bits per heavy atom. The summed E-state index contributed by atoms with van der Waals surface area (Å²) in [6.07, 6.45) is 3.37. The zero-order valence-electron chi connectivity index (χ0n) is 23.1. The fraction of sp³-hybridized carbons (Fsp3) is 0.379. The monoisotopic (exact) mass is 626 g/mol.